The zero-order valence-corrected chi connectivity index (χ0v) is 20.2. The second kappa shape index (κ2) is 7.15. The number of hydrogen-bond acceptors (Lipinski definition) is 2. The van der Waals surface area contributed by atoms with Crippen molar-refractivity contribution in [2.75, 3.05) is 6.61 Å². The van der Waals surface area contributed by atoms with Gasteiger partial charge in [0.05, 0.1) is 0 Å². The lowest BCUT2D eigenvalue weighted by atomic mass is 10.4. The van der Waals surface area contributed by atoms with Crippen molar-refractivity contribution in [1.29, 1.82) is 0 Å². The molecule has 0 aliphatic rings. The van der Waals surface area contributed by atoms with E-state index in [9.17, 15) is 4.79 Å². The Hall–Kier alpha value is -0.182. The summed E-state index contributed by atoms with van der Waals surface area (Å²) in [6.45, 7) is 29.2. The molecular weight excluding hydrogens is 337 g/mol. The average Bonchev–Trinajstić information content (AvgIpc) is 2.27. The summed E-state index contributed by atoms with van der Waals surface area (Å²) in [5.41, 5.74) is 0.709. The van der Waals surface area contributed by atoms with Crippen LogP contribution in [0.1, 0.15) is 0 Å². The molecule has 0 atom stereocenters. The molecule has 128 valence electrons. The van der Waals surface area contributed by atoms with Crippen molar-refractivity contribution in [3.05, 3.63) is 24.8 Å². The minimum atomic E-state index is -1.57. The molecule has 0 aliphatic carbocycles. The van der Waals surface area contributed by atoms with Crippen LogP contribution in [0.2, 0.25) is 65.0 Å². The second-order valence-corrected chi connectivity index (χ2v) is 50.7. The Kier molecular flexibility index (Phi) is 7.09. The molecule has 0 radical (unpaired) electrons. The molecule has 0 heterocycles. The number of rotatable bonds is 8. The predicted molar refractivity (Wildman–Crippen MR) is 111 cm³/mol. The fourth-order valence-electron chi connectivity index (χ4n) is 4.80. The third-order valence-corrected chi connectivity index (χ3v) is 78.7. The number of hydrogen-bond donors (Lipinski definition) is 0. The van der Waals surface area contributed by atoms with Gasteiger partial charge < -0.3 is 4.74 Å². The number of carbonyl (C=O) groups excluding carboxylic acids is 1. The van der Waals surface area contributed by atoms with E-state index in [0.29, 0.717) is 5.57 Å². The minimum absolute atomic E-state index is 0.216. The monoisotopic (exact) mass is 372 g/mol. The van der Waals surface area contributed by atoms with Gasteiger partial charge in [0.2, 0.25) is 0 Å². The molecular formula is C16H36O2Si4. The van der Waals surface area contributed by atoms with Gasteiger partial charge in [-0.25, -0.2) is 4.79 Å². The van der Waals surface area contributed by atoms with Crippen molar-refractivity contribution in [3.63, 3.8) is 0 Å². The molecule has 0 fully saturated rings. The van der Waals surface area contributed by atoms with E-state index in [1.54, 1.807) is 6.08 Å². The predicted octanol–water partition coefficient (Wildman–Crippen LogP) is 4.97. The molecule has 0 N–H and O–H groups in total. The van der Waals surface area contributed by atoms with Crippen LogP contribution in [0.15, 0.2) is 24.8 Å². The molecule has 0 aromatic carbocycles. The van der Waals surface area contributed by atoms with Crippen molar-refractivity contribution >= 4 is 35.4 Å². The highest BCUT2D eigenvalue weighted by molar-refractivity contribution is 7.89. The van der Waals surface area contributed by atoms with Gasteiger partial charge in [0.25, 0.3) is 0 Å². The van der Waals surface area contributed by atoms with Crippen molar-refractivity contribution in [1.82, 2.24) is 0 Å². The fraction of sp³-hybridized carbons (Fsp3) is 0.688. The van der Waals surface area contributed by atoms with Crippen LogP contribution in [-0.4, -0.2) is 42.0 Å². The van der Waals surface area contributed by atoms with E-state index in [0.717, 1.165) is 6.04 Å². The molecule has 0 aromatic heterocycles. The van der Waals surface area contributed by atoms with E-state index in [-0.39, 0.29) is 12.6 Å². The Bertz CT molecular complexity index is 400. The summed E-state index contributed by atoms with van der Waals surface area (Å²) in [5.74, 6) is -0.216. The van der Waals surface area contributed by atoms with Crippen LogP contribution >= 0.6 is 0 Å². The van der Waals surface area contributed by atoms with Crippen molar-refractivity contribution in [2.24, 2.45) is 0 Å². The smallest absolute Gasteiger partial charge is 0.333 e. The topological polar surface area (TPSA) is 26.3 Å². The molecule has 0 rings (SSSR count). The number of carbonyl (C=O) groups is 1. The third-order valence-electron chi connectivity index (χ3n) is 4.94. The van der Waals surface area contributed by atoms with E-state index in [1.165, 1.54) is 0 Å². The third kappa shape index (κ3) is 4.43. The maximum atomic E-state index is 12.3. The van der Waals surface area contributed by atoms with E-state index in [2.05, 4.69) is 72.1 Å². The van der Waals surface area contributed by atoms with Crippen LogP contribution in [0, 0.1) is 0 Å². The summed E-state index contributed by atoms with van der Waals surface area (Å²) in [5, 5.41) is 0. The summed E-state index contributed by atoms with van der Waals surface area (Å²) in [4.78, 5) is 12.3. The summed E-state index contributed by atoms with van der Waals surface area (Å²) >= 11 is 0. The first-order valence-corrected chi connectivity index (χ1v) is 23.8. The molecule has 6 heteroatoms. The lowest BCUT2D eigenvalue weighted by Gasteiger charge is -2.57. The lowest BCUT2D eigenvalue weighted by molar-refractivity contribution is -0.137. The van der Waals surface area contributed by atoms with Gasteiger partial charge in [-0.15, -0.1) is 0 Å². The van der Waals surface area contributed by atoms with Crippen LogP contribution in [0.5, 0.6) is 0 Å². The molecule has 0 bridgehead atoms. The summed E-state index contributed by atoms with van der Waals surface area (Å²) in [6, 6.07) is 0.949. The average molecular weight is 373 g/mol. The number of ether oxygens (including phenoxy) is 1. The SMILES string of the molecule is C=CCOC(=O)C(=C)C[Si]([Si](C)(C)C)([Si](C)(C)C)[Si](C)(C)C. The highest BCUT2D eigenvalue weighted by Crippen LogP contribution is 2.41. The van der Waals surface area contributed by atoms with Gasteiger partial charge in [-0.1, -0.05) is 78.2 Å². The zero-order chi connectivity index (χ0) is 18.0. The van der Waals surface area contributed by atoms with Gasteiger partial charge in [-0.05, 0) is 6.04 Å². The van der Waals surface area contributed by atoms with E-state index >= 15 is 0 Å². The zero-order valence-electron chi connectivity index (χ0n) is 16.2. The van der Waals surface area contributed by atoms with Gasteiger partial charge in [-0.3, -0.25) is 0 Å². The van der Waals surface area contributed by atoms with Crippen molar-refractivity contribution in [2.45, 2.75) is 65.0 Å². The molecule has 0 unspecified atom stereocenters. The second-order valence-electron chi connectivity index (χ2n) is 9.32. The van der Waals surface area contributed by atoms with Crippen LogP contribution in [-0.2, 0) is 9.53 Å². The standard InChI is InChI=1S/C16H36O2Si4/c1-12-13-18-16(17)15(2)14-22(19(3,4)5,20(6,7)8)21(9,10)11/h12H,1-2,13-14H2,3-11H3. The fourth-order valence-corrected chi connectivity index (χ4v) is 102. The highest BCUT2D eigenvalue weighted by Gasteiger charge is 2.61. The quantitative estimate of drug-likeness (QED) is 0.260. The van der Waals surface area contributed by atoms with E-state index in [1.807, 2.05) is 0 Å². The Morgan fingerprint density at radius 3 is 1.55 bits per heavy atom. The normalized spacial score (nSPS) is 13.7. The van der Waals surface area contributed by atoms with Crippen LogP contribution in [0.4, 0.5) is 0 Å². The molecule has 0 amide bonds. The van der Waals surface area contributed by atoms with Crippen molar-refractivity contribution < 1.29 is 9.53 Å². The first-order valence-electron chi connectivity index (χ1n) is 8.07. The highest BCUT2D eigenvalue weighted by atomic mass is 29.9. The van der Waals surface area contributed by atoms with E-state index < -0.39 is 29.4 Å². The Morgan fingerprint density at radius 2 is 1.27 bits per heavy atom. The van der Waals surface area contributed by atoms with Gasteiger partial charge in [0.1, 0.15) is 6.61 Å². The van der Waals surface area contributed by atoms with Crippen LogP contribution in [0.25, 0.3) is 0 Å². The van der Waals surface area contributed by atoms with E-state index in [4.69, 9.17) is 4.74 Å². The maximum absolute atomic E-state index is 12.3. The van der Waals surface area contributed by atoms with Crippen LogP contribution < -0.4 is 0 Å². The summed E-state index contributed by atoms with van der Waals surface area (Å²) in [7, 11) is -4.12. The van der Waals surface area contributed by atoms with Gasteiger partial charge in [-0.2, -0.15) is 0 Å². The van der Waals surface area contributed by atoms with Crippen LogP contribution in [0.3, 0.4) is 0 Å². The van der Waals surface area contributed by atoms with Crippen molar-refractivity contribution in [3.8, 4) is 0 Å². The number of esters is 1. The lowest BCUT2D eigenvalue weighted by Crippen LogP contribution is -2.82. The Labute approximate surface area is 141 Å². The first-order chi connectivity index (χ1) is 9.62. The maximum Gasteiger partial charge on any atom is 0.333 e. The van der Waals surface area contributed by atoms with Gasteiger partial charge in [0.15, 0.2) is 0 Å². The largest absolute Gasteiger partial charge is 0.458 e. The first kappa shape index (κ1) is 21.8. The minimum Gasteiger partial charge on any atom is -0.458 e. The molecule has 0 spiro atoms. The van der Waals surface area contributed by atoms with Gasteiger partial charge >= 0.3 is 5.97 Å². The van der Waals surface area contributed by atoms with Gasteiger partial charge in [0, 0.05) is 35.0 Å². The molecule has 0 aromatic rings. The molecule has 0 aliphatic heterocycles. The molecule has 22 heavy (non-hydrogen) atoms. The summed E-state index contributed by atoms with van der Waals surface area (Å²) < 4.78 is 5.25. The molecule has 0 saturated heterocycles. The summed E-state index contributed by atoms with van der Waals surface area (Å²) in [6.07, 6.45) is 1.62. The Morgan fingerprint density at radius 1 is 0.909 bits per heavy atom. The Balaban J connectivity index is 5.87. The molecule has 0 saturated carbocycles. The molecule has 2 nitrogen and oxygen atoms in total.